The first-order valence-electron chi connectivity index (χ1n) is 13.0. The molecule has 5 rings (SSSR count). The number of rotatable bonds is 8. The minimum atomic E-state index is -1.88. The number of para-hydroxylation sites is 2. The molecule has 38 heavy (non-hydrogen) atoms. The van der Waals surface area contributed by atoms with Crippen LogP contribution in [0.5, 0.6) is 0 Å². The molecule has 0 aliphatic rings. The average Bonchev–Trinajstić information content (AvgIpc) is 2.97. The van der Waals surface area contributed by atoms with Crippen LogP contribution < -0.4 is 15.0 Å². The van der Waals surface area contributed by atoms with E-state index in [2.05, 4.69) is 163 Å². The standard InChI is InChI=1S/C34H34N2OSi/c1-27-15-17-30(18-16-27)35(28-11-7-5-8-12-28)31-19-21-32(22-20-31)36(29-13-9-6-10-14-29)33-23-25-34(26-24-33)38(3,4)37-2/h5-26H,1-4H3. The smallest absolute Gasteiger partial charge is 0.217 e. The van der Waals surface area contributed by atoms with Gasteiger partial charge in [0.2, 0.25) is 8.32 Å². The first-order valence-corrected chi connectivity index (χ1v) is 15.9. The van der Waals surface area contributed by atoms with Crippen LogP contribution >= 0.6 is 0 Å². The fourth-order valence-corrected chi connectivity index (χ4v) is 5.83. The number of hydrogen-bond acceptors (Lipinski definition) is 3. The molecule has 0 heterocycles. The summed E-state index contributed by atoms with van der Waals surface area (Å²) in [6.07, 6.45) is 0. The average molecular weight is 515 g/mol. The molecule has 0 atom stereocenters. The van der Waals surface area contributed by atoms with Gasteiger partial charge in [-0.1, -0.05) is 66.2 Å². The van der Waals surface area contributed by atoms with Crippen molar-refractivity contribution in [2.45, 2.75) is 20.0 Å². The van der Waals surface area contributed by atoms with Gasteiger partial charge in [-0.3, -0.25) is 0 Å². The second-order valence-corrected chi connectivity index (χ2v) is 14.0. The Kier molecular flexibility index (Phi) is 7.45. The maximum absolute atomic E-state index is 5.83. The highest BCUT2D eigenvalue weighted by Crippen LogP contribution is 2.38. The fraction of sp³-hybridized carbons (Fsp3) is 0.118. The van der Waals surface area contributed by atoms with E-state index < -0.39 is 8.32 Å². The monoisotopic (exact) mass is 514 g/mol. The topological polar surface area (TPSA) is 15.7 Å². The molecule has 0 aliphatic heterocycles. The largest absolute Gasteiger partial charge is 0.416 e. The summed E-state index contributed by atoms with van der Waals surface area (Å²) < 4.78 is 5.83. The Morgan fingerprint density at radius 1 is 0.447 bits per heavy atom. The molecule has 0 N–H and O–H groups in total. The van der Waals surface area contributed by atoms with Gasteiger partial charge in [-0.2, -0.15) is 0 Å². The fourth-order valence-electron chi connectivity index (χ4n) is 4.62. The molecule has 0 fully saturated rings. The van der Waals surface area contributed by atoms with E-state index in [-0.39, 0.29) is 0 Å². The summed E-state index contributed by atoms with van der Waals surface area (Å²) in [5.41, 5.74) is 7.97. The summed E-state index contributed by atoms with van der Waals surface area (Å²) >= 11 is 0. The predicted molar refractivity (Wildman–Crippen MR) is 165 cm³/mol. The predicted octanol–water partition coefficient (Wildman–Crippen LogP) is 8.99. The van der Waals surface area contributed by atoms with Crippen LogP contribution in [0.3, 0.4) is 0 Å². The van der Waals surface area contributed by atoms with Crippen LogP contribution in [0.15, 0.2) is 133 Å². The third-order valence-electron chi connectivity index (χ3n) is 7.02. The highest BCUT2D eigenvalue weighted by molar-refractivity contribution is 6.84. The number of anilines is 6. The maximum atomic E-state index is 5.83. The number of aryl methyl sites for hydroxylation is 1. The van der Waals surface area contributed by atoms with Gasteiger partial charge in [0.15, 0.2) is 0 Å². The minimum absolute atomic E-state index is 1.10. The molecule has 190 valence electrons. The lowest BCUT2D eigenvalue weighted by Gasteiger charge is -2.29. The van der Waals surface area contributed by atoms with Crippen LogP contribution in [0, 0.1) is 6.92 Å². The summed E-state index contributed by atoms with van der Waals surface area (Å²) in [7, 11) is -0.0691. The van der Waals surface area contributed by atoms with Gasteiger partial charge in [0.05, 0.1) is 0 Å². The van der Waals surface area contributed by atoms with Crippen LogP contribution in [-0.4, -0.2) is 15.4 Å². The van der Waals surface area contributed by atoms with Crippen LogP contribution in [0.25, 0.3) is 0 Å². The molecule has 5 aromatic carbocycles. The summed E-state index contributed by atoms with van der Waals surface area (Å²) in [5, 5.41) is 1.28. The molecule has 4 heteroatoms. The van der Waals surface area contributed by atoms with Gasteiger partial charge < -0.3 is 14.2 Å². The van der Waals surface area contributed by atoms with Crippen molar-refractivity contribution in [3.05, 3.63) is 139 Å². The highest BCUT2D eigenvalue weighted by Gasteiger charge is 2.24. The Bertz CT molecular complexity index is 1450. The molecule has 0 saturated carbocycles. The van der Waals surface area contributed by atoms with E-state index in [1.165, 1.54) is 10.8 Å². The minimum Gasteiger partial charge on any atom is -0.416 e. The van der Waals surface area contributed by atoms with Crippen LogP contribution in [0.4, 0.5) is 34.1 Å². The zero-order valence-corrected chi connectivity index (χ0v) is 23.5. The molecule has 0 spiro atoms. The van der Waals surface area contributed by atoms with E-state index in [4.69, 9.17) is 4.43 Å². The second-order valence-electron chi connectivity index (χ2n) is 9.96. The third kappa shape index (κ3) is 5.42. The van der Waals surface area contributed by atoms with Gasteiger partial charge in [0.25, 0.3) is 0 Å². The molecule has 0 saturated heterocycles. The molecule has 0 aromatic heterocycles. The quantitative estimate of drug-likeness (QED) is 0.192. The Balaban J connectivity index is 1.55. The van der Waals surface area contributed by atoms with Gasteiger partial charge in [-0.05, 0) is 98.0 Å². The lowest BCUT2D eigenvalue weighted by Crippen LogP contribution is -2.43. The van der Waals surface area contributed by atoms with Crippen molar-refractivity contribution in [2.24, 2.45) is 0 Å². The van der Waals surface area contributed by atoms with Crippen molar-refractivity contribution in [1.82, 2.24) is 0 Å². The number of hydrogen-bond donors (Lipinski definition) is 0. The molecule has 5 aromatic rings. The van der Waals surface area contributed by atoms with Crippen molar-refractivity contribution in [1.29, 1.82) is 0 Å². The molecule has 0 aliphatic carbocycles. The third-order valence-corrected chi connectivity index (χ3v) is 9.76. The lowest BCUT2D eigenvalue weighted by molar-refractivity contribution is 0.416. The summed E-state index contributed by atoms with van der Waals surface area (Å²) in [6.45, 7) is 6.57. The molecule has 0 amide bonds. The van der Waals surface area contributed by atoms with Crippen LogP contribution in [0.2, 0.25) is 13.1 Å². The SMILES string of the molecule is CO[Si](C)(C)c1ccc(N(c2ccccc2)c2ccc(N(c3ccccc3)c3ccc(C)cc3)cc2)cc1. The number of nitrogens with zero attached hydrogens (tertiary/aromatic N) is 2. The summed E-state index contributed by atoms with van der Waals surface area (Å²) in [5.74, 6) is 0. The van der Waals surface area contributed by atoms with Crippen molar-refractivity contribution < 1.29 is 4.43 Å². The van der Waals surface area contributed by atoms with Gasteiger partial charge in [0, 0.05) is 41.2 Å². The molecular formula is C34H34N2OSi. The van der Waals surface area contributed by atoms with Gasteiger partial charge in [-0.25, -0.2) is 0 Å². The van der Waals surface area contributed by atoms with E-state index in [1.807, 2.05) is 7.11 Å². The van der Waals surface area contributed by atoms with Crippen molar-refractivity contribution in [2.75, 3.05) is 16.9 Å². The Labute approximate surface area is 227 Å². The lowest BCUT2D eigenvalue weighted by atomic mass is 10.1. The molecule has 0 radical (unpaired) electrons. The zero-order chi connectivity index (χ0) is 26.5. The first kappa shape index (κ1) is 25.5. The van der Waals surface area contributed by atoms with Gasteiger partial charge in [-0.15, -0.1) is 0 Å². The Morgan fingerprint density at radius 2 is 0.763 bits per heavy atom. The van der Waals surface area contributed by atoms with E-state index in [0.717, 1.165) is 34.1 Å². The van der Waals surface area contributed by atoms with Crippen molar-refractivity contribution >= 4 is 47.6 Å². The Hall–Kier alpha value is -4.12. The van der Waals surface area contributed by atoms with Crippen molar-refractivity contribution in [3.63, 3.8) is 0 Å². The molecule has 0 bridgehead atoms. The van der Waals surface area contributed by atoms with Crippen LogP contribution in [-0.2, 0) is 4.43 Å². The summed E-state index contributed by atoms with van der Waals surface area (Å²) in [4.78, 5) is 4.59. The highest BCUT2D eigenvalue weighted by atomic mass is 28.4. The van der Waals surface area contributed by atoms with E-state index in [1.54, 1.807) is 0 Å². The van der Waals surface area contributed by atoms with Gasteiger partial charge in [0.1, 0.15) is 0 Å². The molecule has 0 unspecified atom stereocenters. The van der Waals surface area contributed by atoms with Gasteiger partial charge >= 0.3 is 0 Å². The second kappa shape index (κ2) is 11.1. The van der Waals surface area contributed by atoms with E-state index in [0.29, 0.717) is 0 Å². The summed E-state index contributed by atoms with van der Waals surface area (Å²) in [6, 6.07) is 47.4. The molecule has 3 nitrogen and oxygen atoms in total. The van der Waals surface area contributed by atoms with E-state index >= 15 is 0 Å². The normalized spacial score (nSPS) is 11.3. The van der Waals surface area contributed by atoms with E-state index in [9.17, 15) is 0 Å². The number of benzene rings is 5. The van der Waals surface area contributed by atoms with Crippen molar-refractivity contribution in [3.8, 4) is 0 Å². The zero-order valence-electron chi connectivity index (χ0n) is 22.5. The molecular weight excluding hydrogens is 480 g/mol. The Morgan fingerprint density at radius 3 is 1.13 bits per heavy atom. The maximum Gasteiger partial charge on any atom is 0.217 e. The van der Waals surface area contributed by atoms with Crippen LogP contribution in [0.1, 0.15) is 5.56 Å². The first-order chi connectivity index (χ1) is 18.5.